The highest BCUT2D eigenvalue weighted by Gasteiger charge is 2.24. The lowest BCUT2D eigenvalue weighted by Crippen LogP contribution is -2.05. The number of carbonyl (C=O) groups excluding carboxylic acids is 1. The summed E-state index contributed by atoms with van der Waals surface area (Å²) in [6.07, 6.45) is 3.75. The summed E-state index contributed by atoms with van der Waals surface area (Å²) < 4.78 is 22.5. The van der Waals surface area contributed by atoms with Gasteiger partial charge in [-0.05, 0) is 66.9 Å². The maximum Gasteiger partial charge on any atom is 0.363 e. The normalized spacial score (nSPS) is 14.0. The molecule has 0 unspecified atom stereocenters. The molecule has 180 valence electrons. The van der Waals surface area contributed by atoms with Crippen LogP contribution in [-0.2, 0) is 16.1 Å². The van der Waals surface area contributed by atoms with Crippen LogP contribution in [0, 0.1) is 6.92 Å². The summed E-state index contributed by atoms with van der Waals surface area (Å²) in [6.45, 7) is 5.28. The predicted molar refractivity (Wildman–Crippen MR) is 136 cm³/mol. The number of ether oxygens (including phenoxy) is 4. The van der Waals surface area contributed by atoms with Crippen LogP contribution in [0.1, 0.15) is 42.0 Å². The number of carbonyl (C=O) groups is 1. The standard InChI is InChI=1S/C29H29NO5/c1-4-5-16-33-24-13-11-23(12-14-24)28-30-25(29(31)35-28)17-22-10-15-26(27(18-22)32-3)34-19-21-8-6-20(2)7-9-21/h6-15,17-18H,4-5,16,19H2,1-3H3/b25-17-. The van der Waals surface area contributed by atoms with Gasteiger partial charge in [0, 0.05) is 5.56 Å². The van der Waals surface area contributed by atoms with Gasteiger partial charge in [0.25, 0.3) is 0 Å². The van der Waals surface area contributed by atoms with E-state index in [9.17, 15) is 4.79 Å². The van der Waals surface area contributed by atoms with Crippen molar-refractivity contribution in [1.82, 2.24) is 0 Å². The van der Waals surface area contributed by atoms with E-state index in [0.29, 0.717) is 30.3 Å². The van der Waals surface area contributed by atoms with Gasteiger partial charge in [-0.3, -0.25) is 0 Å². The van der Waals surface area contributed by atoms with Crippen LogP contribution >= 0.6 is 0 Å². The van der Waals surface area contributed by atoms with Crippen LogP contribution in [-0.4, -0.2) is 25.6 Å². The Balaban J connectivity index is 1.46. The zero-order chi connectivity index (χ0) is 24.6. The quantitative estimate of drug-likeness (QED) is 0.203. The molecule has 4 rings (SSSR count). The number of aliphatic imine (C=N–C) groups is 1. The molecule has 35 heavy (non-hydrogen) atoms. The zero-order valence-corrected chi connectivity index (χ0v) is 20.2. The molecule has 0 N–H and O–H groups in total. The van der Waals surface area contributed by atoms with E-state index in [4.69, 9.17) is 18.9 Å². The molecule has 0 bridgehead atoms. The largest absolute Gasteiger partial charge is 0.494 e. The molecule has 0 fully saturated rings. The average Bonchev–Trinajstić information content (AvgIpc) is 3.24. The van der Waals surface area contributed by atoms with Crippen LogP contribution in [0.2, 0.25) is 0 Å². The van der Waals surface area contributed by atoms with Crippen LogP contribution in [0.3, 0.4) is 0 Å². The minimum Gasteiger partial charge on any atom is -0.494 e. The van der Waals surface area contributed by atoms with Crippen molar-refractivity contribution in [2.75, 3.05) is 13.7 Å². The minimum atomic E-state index is -0.498. The molecule has 1 heterocycles. The summed E-state index contributed by atoms with van der Waals surface area (Å²) in [7, 11) is 1.58. The Bertz CT molecular complexity index is 1230. The van der Waals surface area contributed by atoms with E-state index in [2.05, 4.69) is 24.0 Å². The molecule has 0 radical (unpaired) electrons. The van der Waals surface area contributed by atoms with E-state index in [-0.39, 0.29) is 11.6 Å². The monoisotopic (exact) mass is 471 g/mol. The lowest BCUT2D eigenvalue weighted by atomic mass is 10.1. The van der Waals surface area contributed by atoms with Gasteiger partial charge in [-0.2, -0.15) is 0 Å². The summed E-state index contributed by atoms with van der Waals surface area (Å²) in [5.41, 5.74) is 3.95. The SMILES string of the molecule is CCCCOc1ccc(C2=N/C(=C\c3ccc(OCc4ccc(C)cc4)c(OC)c3)C(=O)O2)cc1. The maximum atomic E-state index is 12.4. The van der Waals surface area contributed by atoms with Gasteiger partial charge in [-0.15, -0.1) is 0 Å². The molecule has 1 aliphatic heterocycles. The molecule has 1 aliphatic rings. The number of esters is 1. The summed E-state index contributed by atoms with van der Waals surface area (Å²) in [5.74, 6) is 1.74. The van der Waals surface area contributed by atoms with Gasteiger partial charge in [0.05, 0.1) is 13.7 Å². The maximum absolute atomic E-state index is 12.4. The Morgan fingerprint density at radius 2 is 1.71 bits per heavy atom. The fourth-order valence-electron chi connectivity index (χ4n) is 3.46. The second-order valence-corrected chi connectivity index (χ2v) is 8.25. The van der Waals surface area contributed by atoms with E-state index in [0.717, 1.165) is 29.7 Å². The number of cyclic esters (lactones) is 1. The molecule has 3 aromatic carbocycles. The molecule has 0 amide bonds. The topological polar surface area (TPSA) is 66.3 Å². The predicted octanol–water partition coefficient (Wildman–Crippen LogP) is 6.11. The smallest absolute Gasteiger partial charge is 0.363 e. The molecule has 0 spiro atoms. The van der Waals surface area contributed by atoms with E-state index >= 15 is 0 Å². The van der Waals surface area contributed by atoms with Crippen molar-refractivity contribution in [3.05, 3.63) is 94.7 Å². The molecule has 0 saturated heterocycles. The molecule has 0 aliphatic carbocycles. The van der Waals surface area contributed by atoms with Crippen molar-refractivity contribution in [2.24, 2.45) is 4.99 Å². The van der Waals surface area contributed by atoms with Gasteiger partial charge >= 0.3 is 5.97 Å². The first-order valence-corrected chi connectivity index (χ1v) is 11.7. The first kappa shape index (κ1) is 24.1. The van der Waals surface area contributed by atoms with Crippen LogP contribution in [0.15, 0.2) is 77.4 Å². The Morgan fingerprint density at radius 1 is 0.943 bits per heavy atom. The Labute approximate surface area is 205 Å². The molecule has 0 saturated carbocycles. The second-order valence-electron chi connectivity index (χ2n) is 8.25. The van der Waals surface area contributed by atoms with Crippen LogP contribution in [0.4, 0.5) is 0 Å². The number of benzene rings is 3. The fourth-order valence-corrected chi connectivity index (χ4v) is 3.46. The molecule has 0 atom stereocenters. The van der Waals surface area contributed by atoms with Gasteiger partial charge in [0.1, 0.15) is 12.4 Å². The van der Waals surface area contributed by atoms with Crippen LogP contribution in [0.25, 0.3) is 6.08 Å². The van der Waals surface area contributed by atoms with Crippen molar-refractivity contribution in [2.45, 2.75) is 33.3 Å². The lowest BCUT2D eigenvalue weighted by molar-refractivity contribution is -0.129. The second kappa shape index (κ2) is 11.4. The van der Waals surface area contributed by atoms with Crippen LogP contribution < -0.4 is 14.2 Å². The minimum absolute atomic E-state index is 0.221. The highest BCUT2D eigenvalue weighted by Crippen LogP contribution is 2.30. The highest BCUT2D eigenvalue weighted by molar-refractivity contribution is 6.12. The average molecular weight is 472 g/mol. The Kier molecular flexibility index (Phi) is 7.83. The first-order valence-electron chi connectivity index (χ1n) is 11.7. The number of hydrogen-bond acceptors (Lipinski definition) is 6. The first-order chi connectivity index (χ1) is 17.1. The molecule has 3 aromatic rings. The van der Waals surface area contributed by atoms with Crippen molar-refractivity contribution >= 4 is 17.9 Å². The third-order valence-electron chi connectivity index (χ3n) is 5.49. The summed E-state index contributed by atoms with van der Waals surface area (Å²) in [4.78, 5) is 16.8. The number of nitrogens with zero attached hydrogens (tertiary/aromatic N) is 1. The zero-order valence-electron chi connectivity index (χ0n) is 20.2. The van der Waals surface area contributed by atoms with E-state index in [1.165, 1.54) is 5.56 Å². The third kappa shape index (κ3) is 6.29. The molecule has 6 nitrogen and oxygen atoms in total. The van der Waals surface area contributed by atoms with Crippen molar-refractivity contribution in [3.8, 4) is 17.2 Å². The summed E-state index contributed by atoms with van der Waals surface area (Å²) in [5, 5.41) is 0. The van der Waals surface area contributed by atoms with Gasteiger partial charge < -0.3 is 18.9 Å². The van der Waals surface area contributed by atoms with Crippen LogP contribution in [0.5, 0.6) is 17.2 Å². The van der Waals surface area contributed by atoms with Gasteiger partial charge in [-0.1, -0.05) is 49.2 Å². The number of methoxy groups -OCH3 is 1. The molecule has 0 aromatic heterocycles. The highest BCUT2D eigenvalue weighted by atomic mass is 16.6. The summed E-state index contributed by atoms with van der Waals surface area (Å²) in [6, 6.07) is 21.0. The molecule has 6 heteroatoms. The van der Waals surface area contributed by atoms with Gasteiger partial charge in [0.15, 0.2) is 17.2 Å². The Hall–Kier alpha value is -4.06. The summed E-state index contributed by atoms with van der Waals surface area (Å²) >= 11 is 0. The number of aryl methyl sites for hydroxylation is 1. The van der Waals surface area contributed by atoms with Gasteiger partial charge in [0.2, 0.25) is 5.90 Å². The van der Waals surface area contributed by atoms with Crippen molar-refractivity contribution in [3.63, 3.8) is 0 Å². The van der Waals surface area contributed by atoms with E-state index in [1.807, 2.05) is 55.5 Å². The number of rotatable bonds is 10. The fraction of sp³-hybridized carbons (Fsp3) is 0.241. The van der Waals surface area contributed by atoms with Gasteiger partial charge in [-0.25, -0.2) is 9.79 Å². The number of unbranched alkanes of at least 4 members (excludes halogenated alkanes) is 1. The lowest BCUT2D eigenvalue weighted by Gasteiger charge is -2.11. The third-order valence-corrected chi connectivity index (χ3v) is 5.49. The molecular formula is C29H29NO5. The molecular weight excluding hydrogens is 442 g/mol. The Morgan fingerprint density at radius 3 is 2.43 bits per heavy atom. The number of hydrogen-bond donors (Lipinski definition) is 0. The van der Waals surface area contributed by atoms with Crippen molar-refractivity contribution < 1.29 is 23.7 Å². The van der Waals surface area contributed by atoms with E-state index < -0.39 is 5.97 Å². The van der Waals surface area contributed by atoms with Crippen molar-refractivity contribution in [1.29, 1.82) is 0 Å². The van der Waals surface area contributed by atoms with E-state index in [1.54, 1.807) is 19.3 Å².